The number of carbonyl (C=O) groups excluding carboxylic acids is 2. The van der Waals surface area contributed by atoms with Crippen molar-refractivity contribution >= 4 is 11.8 Å². The Morgan fingerprint density at radius 1 is 1.26 bits per heavy atom. The monoisotopic (exact) mass is 421 g/mol. The van der Waals surface area contributed by atoms with E-state index in [4.69, 9.17) is 9.47 Å². The van der Waals surface area contributed by atoms with Crippen LogP contribution >= 0.6 is 0 Å². The zero-order valence-corrected chi connectivity index (χ0v) is 17.7. The minimum absolute atomic E-state index is 0.0467. The molecule has 0 bridgehead atoms. The smallest absolute Gasteiger partial charge is 0.257 e. The number of hydrogen-bond acceptors (Lipinski definition) is 5. The molecule has 1 aromatic carbocycles. The van der Waals surface area contributed by atoms with Crippen LogP contribution in [0.1, 0.15) is 29.9 Å². The number of aromatic nitrogens is 1. The first kappa shape index (κ1) is 20.0. The number of methoxy groups -OCH3 is 1. The van der Waals surface area contributed by atoms with Crippen molar-refractivity contribution in [3.8, 4) is 5.75 Å². The van der Waals surface area contributed by atoms with Crippen LogP contribution < -0.4 is 4.74 Å². The van der Waals surface area contributed by atoms with Gasteiger partial charge in [-0.2, -0.15) is 0 Å². The summed E-state index contributed by atoms with van der Waals surface area (Å²) >= 11 is 0. The fourth-order valence-electron chi connectivity index (χ4n) is 4.77. The molecule has 2 amide bonds. The summed E-state index contributed by atoms with van der Waals surface area (Å²) < 4.78 is 11.5. The van der Waals surface area contributed by atoms with Gasteiger partial charge in [0.2, 0.25) is 5.91 Å². The molecule has 5 rings (SSSR count). The molecule has 0 unspecified atom stereocenters. The number of hydrogen-bond donors (Lipinski definition) is 0. The highest BCUT2D eigenvalue weighted by molar-refractivity contribution is 5.90. The van der Waals surface area contributed by atoms with Crippen LogP contribution in [0, 0.1) is 5.92 Å². The number of amides is 2. The Morgan fingerprint density at radius 3 is 2.74 bits per heavy atom. The maximum absolute atomic E-state index is 13.8. The average Bonchev–Trinajstić information content (AvgIpc) is 3.59. The molecule has 2 atom stereocenters. The topological polar surface area (TPSA) is 72.0 Å². The molecule has 0 radical (unpaired) electrons. The van der Waals surface area contributed by atoms with Crippen LogP contribution in [0.15, 0.2) is 48.8 Å². The normalized spacial score (nSPS) is 25.8. The summed E-state index contributed by atoms with van der Waals surface area (Å²) in [6, 6.07) is 11.6. The molecule has 3 fully saturated rings. The Hall–Kier alpha value is -2.93. The van der Waals surface area contributed by atoms with Crippen molar-refractivity contribution in [2.24, 2.45) is 5.92 Å². The standard InChI is InChI=1S/C24H27N3O4/c1-30-20-8-4-17(5-9-20)14-26-11-12-31-24(23(26)29)16-27(22(28)18-6-7-18)15-21(24)19-3-2-10-25-13-19/h2-5,8-10,13,18,21H,6-7,11-12,14-16H2,1H3/t21-,24+/m1/s1. The Labute approximate surface area is 182 Å². The van der Waals surface area contributed by atoms with E-state index in [0.29, 0.717) is 32.8 Å². The number of carbonyl (C=O) groups is 2. The summed E-state index contributed by atoms with van der Waals surface area (Å²) in [6.07, 6.45) is 5.39. The molecule has 1 aromatic heterocycles. The molecule has 3 aliphatic rings. The van der Waals surface area contributed by atoms with Crippen LogP contribution in [-0.4, -0.2) is 65.6 Å². The molecular formula is C24H27N3O4. The summed E-state index contributed by atoms with van der Waals surface area (Å²) in [5.74, 6) is 0.771. The first-order chi connectivity index (χ1) is 15.1. The fraction of sp³-hybridized carbons (Fsp3) is 0.458. The van der Waals surface area contributed by atoms with E-state index in [9.17, 15) is 9.59 Å². The van der Waals surface area contributed by atoms with E-state index in [0.717, 1.165) is 29.7 Å². The van der Waals surface area contributed by atoms with Crippen molar-refractivity contribution in [3.05, 3.63) is 59.9 Å². The molecule has 7 heteroatoms. The molecule has 2 aliphatic heterocycles. The van der Waals surface area contributed by atoms with E-state index >= 15 is 0 Å². The van der Waals surface area contributed by atoms with Gasteiger partial charge in [0.15, 0.2) is 5.60 Å². The summed E-state index contributed by atoms with van der Waals surface area (Å²) in [6.45, 7) is 2.28. The minimum Gasteiger partial charge on any atom is -0.497 e. The van der Waals surface area contributed by atoms with Gasteiger partial charge in [-0.15, -0.1) is 0 Å². The Bertz CT molecular complexity index is 961. The molecule has 1 spiro atoms. The summed E-state index contributed by atoms with van der Waals surface area (Å²) in [4.78, 5) is 34.7. The van der Waals surface area contributed by atoms with Gasteiger partial charge in [-0.3, -0.25) is 14.6 Å². The van der Waals surface area contributed by atoms with Gasteiger partial charge in [0, 0.05) is 43.9 Å². The second kappa shape index (κ2) is 7.96. The van der Waals surface area contributed by atoms with E-state index in [-0.39, 0.29) is 23.7 Å². The van der Waals surface area contributed by atoms with Gasteiger partial charge in [0.25, 0.3) is 5.91 Å². The quantitative estimate of drug-likeness (QED) is 0.740. The van der Waals surface area contributed by atoms with Gasteiger partial charge in [-0.25, -0.2) is 0 Å². The van der Waals surface area contributed by atoms with Crippen molar-refractivity contribution in [2.45, 2.75) is 30.9 Å². The summed E-state index contributed by atoms with van der Waals surface area (Å²) in [5.41, 5.74) is 0.916. The van der Waals surface area contributed by atoms with E-state index in [1.807, 2.05) is 46.2 Å². The van der Waals surface area contributed by atoms with Gasteiger partial charge in [-0.05, 0) is 42.2 Å². The van der Waals surface area contributed by atoms with Crippen molar-refractivity contribution in [1.82, 2.24) is 14.8 Å². The minimum atomic E-state index is -1.06. The lowest BCUT2D eigenvalue weighted by Gasteiger charge is -2.42. The van der Waals surface area contributed by atoms with Crippen LogP contribution in [0.25, 0.3) is 0 Å². The van der Waals surface area contributed by atoms with E-state index in [1.54, 1.807) is 19.5 Å². The van der Waals surface area contributed by atoms with E-state index in [2.05, 4.69) is 4.98 Å². The maximum Gasteiger partial charge on any atom is 0.257 e. The predicted octanol–water partition coefficient (Wildman–Crippen LogP) is 2.22. The first-order valence-corrected chi connectivity index (χ1v) is 10.9. The molecule has 7 nitrogen and oxygen atoms in total. The van der Waals surface area contributed by atoms with Gasteiger partial charge in [0.05, 0.1) is 20.3 Å². The predicted molar refractivity (Wildman–Crippen MR) is 113 cm³/mol. The molecule has 2 aromatic rings. The Kier molecular flexibility index (Phi) is 5.14. The zero-order chi connectivity index (χ0) is 21.4. The van der Waals surface area contributed by atoms with Crippen LogP contribution in [0.5, 0.6) is 5.75 Å². The van der Waals surface area contributed by atoms with Crippen LogP contribution in [0.4, 0.5) is 0 Å². The molecule has 2 saturated heterocycles. The molecular weight excluding hydrogens is 394 g/mol. The number of morpholine rings is 1. The third-order valence-electron chi connectivity index (χ3n) is 6.62. The highest BCUT2D eigenvalue weighted by atomic mass is 16.5. The lowest BCUT2D eigenvalue weighted by atomic mass is 9.83. The number of ether oxygens (including phenoxy) is 2. The first-order valence-electron chi connectivity index (χ1n) is 10.9. The lowest BCUT2D eigenvalue weighted by molar-refractivity contribution is -0.173. The number of pyridine rings is 1. The number of rotatable bonds is 5. The maximum atomic E-state index is 13.8. The van der Waals surface area contributed by atoms with Crippen molar-refractivity contribution in [2.75, 3.05) is 33.4 Å². The van der Waals surface area contributed by atoms with Crippen LogP contribution in [0.2, 0.25) is 0 Å². The molecule has 1 saturated carbocycles. The lowest BCUT2D eigenvalue weighted by Crippen LogP contribution is -2.60. The highest BCUT2D eigenvalue weighted by Gasteiger charge is 2.58. The van der Waals surface area contributed by atoms with Crippen molar-refractivity contribution < 1.29 is 19.1 Å². The Balaban J connectivity index is 1.43. The average molecular weight is 421 g/mol. The van der Waals surface area contributed by atoms with Gasteiger partial charge < -0.3 is 19.3 Å². The highest BCUT2D eigenvalue weighted by Crippen LogP contribution is 2.44. The molecule has 1 aliphatic carbocycles. The second-order valence-corrected chi connectivity index (χ2v) is 8.64. The second-order valence-electron chi connectivity index (χ2n) is 8.64. The molecule has 162 valence electrons. The van der Waals surface area contributed by atoms with Crippen molar-refractivity contribution in [3.63, 3.8) is 0 Å². The third-order valence-corrected chi connectivity index (χ3v) is 6.62. The Morgan fingerprint density at radius 2 is 2.06 bits per heavy atom. The summed E-state index contributed by atoms with van der Waals surface area (Å²) in [7, 11) is 1.64. The van der Waals surface area contributed by atoms with Gasteiger partial charge in [-0.1, -0.05) is 18.2 Å². The van der Waals surface area contributed by atoms with Gasteiger partial charge >= 0.3 is 0 Å². The van der Waals surface area contributed by atoms with Crippen LogP contribution in [0.3, 0.4) is 0 Å². The van der Waals surface area contributed by atoms with Crippen molar-refractivity contribution in [1.29, 1.82) is 0 Å². The third kappa shape index (κ3) is 3.67. The van der Waals surface area contributed by atoms with E-state index in [1.165, 1.54) is 0 Å². The molecule has 3 heterocycles. The van der Waals surface area contributed by atoms with Crippen LogP contribution in [-0.2, 0) is 20.9 Å². The summed E-state index contributed by atoms with van der Waals surface area (Å²) in [5, 5.41) is 0. The largest absolute Gasteiger partial charge is 0.497 e. The van der Waals surface area contributed by atoms with Gasteiger partial charge in [0.1, 0.15) is 5.75 Å². The zero-order valence-electron chi connectivity index (χ0n) is 17.7. The number of benzene rings is 1. The molecule has 0 N–H and O–H groups in total. The molecule has 31 heavy (non-hydrogen) atoms. The number of likely N-dealkylation sites (tertiary alicyclic amines) is 1. The van der Waals surface area contributed by atoms with E-state index < -0.39 is 5.60 Å². The fourth-order valence-corrected chi connectivity index (χ4v) is 4.77. The number of nitrogens with zero attached hydrogens (tertiary/aromatic N) is 3. The SMILES string of the molecule is COc1ccc(CN2CCO[C@]3(CN(C(=O)C4CC4)C[C@@H]3c3cccnc3)C2=O)cc1.